The van der Waals surface area contributed by atoms with Crippen LogP contribution in [0.2, 0.25) is 0 Å². The van der Waals surface area contributed by atoms with Crippen LogP contribution in [0.4, 0.5) is 0 Å². The van der Waals surface area contributed by atoms with Gasteiger partial charge in [0.15, 0.2) is 6.10 Å². The lowest BCUT2D eigenvalue weighted by Gasteiger charge is -2.17. The average molecular weight is 308 g/mol. The predicted molar refractivity (Wildman–Crippen MR) is 81.3 cm³/mol. The lowest BCUT2D eigenvalue weighted by atomic mass is 10.2. The number of amides is 1. The first-order valence-corrected chi connectivity index (χ1v) is 8.34. The Labute approximate surface area is 128 Å². The van der Waals surface area contributed by atoms with Gasteiger partial charge in [0, 0.05) is 12.2 Å². The Bertz CT molecular complexity index is 515. The molecule has 1 aliphatic rings. The van der Waals surface area contributed by atoms with Crippen LogP contribution in [0.25, 0.3) is 0 Å². The SMILES string of the molecule is CSc1ncccc1C(=O)O[C@@H](C)C(=O)NC1CCCC1. The van der Waals surface area contributed by atoms with Crippen LogP contribution in [-0.4, -0.2) is 35.3 Å². The van der Waals surface area contributed by atoms with Crippen molar-refractivity contribution in [1.29, 1.82) is 0 Å². The van der Waals surface area contributed by atoms with Gasteiger partial charge in [-0.2, -0.15) is 0 Å². The van der Waals surface area contributed by atoms with Gasteiger partial charge >= 0.3 is 5.97 Å². The number of carbonyl (C=O) groups is 2. The van der Waals surface area contributed by atoms with Gasteiger partial charge in [0.1, 0.15) is 5.03 Å². The molecule has 0 aromatic carbocycles. The maximum absolute atomic E-state index is 12.1. The number of pyridine rings is 1. The Morgan fingerprint density at radius 3 is 2.81 bits per heavy atom. The lowest BCUT2D eigenvalue weighted by molar-refractivity contribution is -0.129. The lowest BCUT2D eigenvalue weighted by Crippen LogP contribution is -2.40. The third kappa shape index (κ3) is 4.20. The molecule has 0 bridgehead atoms. The zero-order chi connectivity index (χ0) is 15.2. The number of carbonyl (C=O) groups excluding carboxylic acids is 2. The largest absolute Gasteiger partial charge is 0.449 e. The molecule has 0 aliphatic heterocycles. The van der Waals surface area contributed by atoms with Gasteiger partial charge in [0.25, 0.3) is 5.91 Å². The highest BCUT2D eigenvalue weighted by atomic mass is 32.2. The molecule has 1 amide bonds. The molecule has 1 atom stereocenters. The Morgan fingerprint density at radius 1 is 1.43 bits per heavy atom. The summed E-state index contributed by atoms with van der Waals surface area (Å²) in [5.41, 5.74) is 0.394. The van der Waals surface area contributed by atoms with Crippen LogP contribution >= 0.6 is 11.8 Å². The third-order valence-electron chi connectivity index (χ3n) is 3.54. The molecule has 0 radical (unpaired) electrons. The van der Waals surface area contributed by atoms with E-state index in [0.29, 0.717) is 10.6 Å². The Hall–Kier alpha value is -1.56. The van der Waals surface area contributed by atoms with Crippen molar-refractivity contribution in [3.63, 3.8) is 0 Å². The summed E-state index contributed by atoms with van der Waals surface area (Å²) in [5, 5.41) is 3.53. The van der Waals surface area contributed by atoms with E-state index in [4.69, 9.17) is 4.74 Å². The van der Waals surface area contributed by atoms with E-state index < -0.39 is 12.1 Å². The number of nitrogens with zero attached hydrogens (tertiary/aromatic N) is 1. The van der Waals surface area contributed by atoms with Crippen molar-refractivity contribution in [3.8, 4) is 0 Å². The molecule has 6 heteroatoms. The molecule has 1 N–H and O–H groups in total. The van der Waals surface area contributed by atoms with Crippen molar-refractivity contribution >= 4 is 23.6 Å². The number of hydrogen-bond acceptors (Lipinski definition) is 5. The van der Waals surface area contributed by atoms with Crippen molar-refractivity contribution in [2.75, 3.05) is 6.26 Å². The van der Waals surface area contributed by atoms with E-state index in [1.165, 1.54) is 11.8 Å². The molecule has 0 spiro atoms. The van der Waals surface area contributed by atoms with E-state index >= 15 is 0 Å². The first-order chi connectivity index (χ1) is 10.1. The van der Waals surface area contributed by atoms with Crippen LogP contribution in [-0.2, 0) is 9.53 Å². The normalized spacial score (nSPS) is 16.5. The number of nitrogens with one attached hydrogen (secondary N) is 1. The van der Waals surface area contributed by atoms with Gasteiger partial charge < -0.3 is 10.1 Å². The summed E-state index contributed by atoms with van der Waals surface area (Å²) in [4.78, 5) is 28.2. The van der Waals surface area contributed by atoms with Crippen molar-refractivity contribution in [2.24, 2.45) is 0 Å². The highest BCUT2D eigenvalue weighted by molar-refractivity contribution is 7.98. The van der Waals surface area contributed by atoms with Gasteiger partial charge in [-0.1, -0.05) is 12.8 Å². The number of hydrogen-bond donors (Lipinski definition) is 1. The monoisotopic (exact) mass is 308 g/mol. The number of rotatable bonds is 5. The van der Waals surface area contributed by atoms with E-state index in [0.717, 1.165) is 25.7 Å². The van der Waals surface area contributed by atoms with Gasteiger partial charge in [-0.3, -0.25) is 4.79 Å². The second-order valence-electron chi connectivity index (χ2n) is 5.10. The van der Waals surface area contributed by atoms with E-state index in [-0.39, 0.29) is 11.9 Å². The topological polar surface area (TPSA) is 68.3 Å². The molecule has 1 saturated carbocycles. The van der Waals surface area contributed by atoms with Crippen molar-refractivity contribution in [3.05, 3.63) is 23.9 Å². The zero-order valence-electron chi connectivity index (χ0n) is 12.3. The van der Waals surface area contributed by atoms with Crippen molar-refractivity contribution in [1.82, 2.24) is 10.3 Å². The zero-order valence-corrected chi connectivity index (χ0v) is 13.1. The smallest absolute Gasteiger partial charge is 0.341 e. The maximum atomic E-state index is 12.1. The van der Waals surface area contributed by atoms with Crippen molar-refractivity contribution in [2.45, 2.75) is 49.8 Å². The molecule has 5 nitrogen and oxygen atoms in total. The van der Waals surface area contributed by atoms with Gasteiger partial charge in [0.05, 0.1) is 5.56 Å². The fourth-order valence-corrected chi connectivity index (χ4v) is 2.91. The Balaban J connectivity index is 1.93. The van der Waals surface area contributed by atoms with Gasteiger partial charge in [-0.25, -0.2) is 9.78 Å². The number of esters is 1. The first kappa shape index (κ1) is 15.8. The molecule has 1 fully saturated rings. The Morgan fingerprint density at radius 2 is 2.14 bits per heavy atom. The van der Waals surface area contributed by atoms with E-state index in [2.05, 4.69) is 10.3 Å². The summed E-state index contributed by atoms with van der Waals surface area (Å²) in [6.07, 6.45) is 6.97. The average Bonchev–Trinajstić information content (AvgIpc) is 2.99. The molecule has 1 aromatic heterocycles. The van der Waals surface area contributed by atoms with E-state index in [9.17, 15) is 9.59 Å². The van der Waals surface area contributed by atoms with Crippen LogP contribution in [0.1, 0.15) is 43.0 Å². The number of aromatic nitrogens is 1. The summed E-state index contributed by atoms with van der Waals surface area (Å²) in [6.45, 7) is 1.59. The molecular weight excluding hydrogens is 288 g/mol. The summed E-state index contributed by atoms with van der Waals surface area (Å²) >= 11 is 1.37. The minimum atomic E-state index is -0.798. The molecule has 0 unspecified atom stereocenters. The number of thioether (sulfide) groups is 1. The molecular formula is C15H20N2O3S. The van der Waals surface area contributed by atoms with Crippen LogP contribution in [0.15, 0.2) is 23.4 Å². The second-order valence-corrected chi connectivity index (χ2v) is 5.89. The molecule has 21 heavy (non-hydrogen) atoms. The second kappa shape index (κ2) is 7.45. The molecule has 1 aliphatic carbocycles. The van der Waals surface area contributed by atoms with Crippen LogP contribution < -0.4 is 5.32 Å². The molecule has 2 rings (SSSR count). The Kier molecular flexibility index (Phi) is 5.61. The van der Waals surface area contributed by atoms with E-state index in [1.54, 1.807) is 25.3 Å². The molecule has 1 aromatic rings. The summed E-state index contributed by atoms with van der Waals surface area (Å²) < 4.78 is 5.25. The fraction of sp³-hybridized carbons (Fsp3) is 0.533. The minimum absolute atomic E-state index is 0.221. The summed E-state index contributed by atoms with van der Waals surface area (Å²) in [5.74, 6) is -0.744. The van der Waals surface area contributed by atoms with Crippen LogP contribution in [0, 0.1) is 0 Å². The van der Waals surface area contributed by atoms with Crippen LogP contribution in [0.5, 0.6) is 0 Å². The van der Waals surface area contributed by atoms with Gasteiger partial charge in [0.2, 0.25) is 0 Å². The van der Waals surface area contributed by atoms with Gasteiger partial charge in [-0.15, -0.1) is 11.8 Å². The molecule has 114 valence electrons. The molecule has 1 heterocycles. The fourth-order valence-electron chi connectivity index (χ4n) is 2.38. The van der Waals surface area contributed by atoms with Crippen molar-refractivity contribution < 1.29 is 14.3 Å². The summed E-state index contributed by atoms with van der Waals surface area (Å²) in [6, 6.07) is 3.56. The quantitative estimate of drug-likeness (QED) is 0.668. The standard InChI is InChI=1S/C15H20N2O3S/c1-10(13(18)17-11-6-3-4-7-11)20-15(19)12-8-5-9-16-14(12)21-2/h5,8-11H,3-4,6-7H2,1-2H3,(H,17,18)/t10-/m0/s1. The van der Waals surface area contributed by atoms with Crippen LogP contribution in [0.3, 0.4) is 0 Å². The highest BCUT2D eigenvalue weighted by Gasteiger charge is 2.24. The summed E-state index contributed by atoms with van der Waals surface area (Å²) in [7, 11) is 0. The molecule has 0 saturated heterocycles. The predicted octanol–water partition coefficient (Wildman–Crippen LogP) is 2.41. The highest BCUT2D eigenvalue weighted by Crippen LogP contribution is 2.19. The van der Waals surface area contributed by atoms with Gasteiger partial charge in [-0.05, 0) is 38.2 Å². The first-order valence-electron chi connectivity index (χ1n) is 7.12. The third-order valence-corrected chi connectivity index (χ3v) is 4.25. The number of ether oxygens (including phenoxy) is 1. The van der Waals surface area contributed by atoms with E-state index in [1.807, 2.05) is 6.26 Å². The maximum Gasteiger partial charge on any atom is 0.341 e. The minimum Gasteiger partial charge on any atom is -0.449 e.